The monoisotopic (exact) mass is 236 g/mol. The number of hydrogen-bond donors (Lipinski definition) is 0. The average Bonchev–Trinajstić information content (AvgIpc) is 2.14. The third-order valence-electron chi connectivity index (χ3n) is 1.87. The molecule has 0 heterocycles. The van der Waals surface area contributed by atoms with Gasteiger partial charge < -0.3 is 0 Å². The molecule has 0 saturated carbocycles. The Morgan fingerprint density at radius 1 is 1.00 bits per heavy atom. The van der Waals surface area contributed by atoms with E-state index in [9.17, 15) is 0 Å². The van der Waals surface area contributed by atoms with Crippen molar-refractivity contribution in [1.29, 1.82) is 0 Å². The zero-order chi connectivity index (χ0) is 11.3. The van der Waals surface area contributed by atoms with Gasteiger partial charge in [-0.3, -0.25) is 0 Å². The molecule has 0 nitrogen and oxygen atoms in total. The van der Waals surface area contributed by atoms with Crippen LogP contribution in [0.2, 0.25) is 24.7 Å². The van der Waals surface area contributed by atoms with Gasteiger partial charge in [-0.25, -0.2) is 0 Å². The molecule has 0 bridgehead atoms. The van der Waals surface area contributed by atoms with Crippen molar-refractivity contribution in [3.05, 3.63) is 52.7 Å². The van der Waals surface area contributed by atoms with Crippen LogP contribution in [0.25, 0.3) is 6.08 Å². The topological polar surface area (TPSA) is 0 Å². The highest BCUT2D eigenvalue weighted by Gasteiger charge is 2.05. The molecule has 0 aliphatic heterocycles. The van der Waals surface area contributed by atoms with Crippen molar-refractivity contribution in [1.82, 2.24) is 0 Å². The second kappa shape index (κ2) is 5.33. The number of rotatable bonds is 3. The smallest absolute Gasteiger partial charge is 0.0687 e. The van der Waals surface area contributed by atoms with Gasteiger partial charge in [0.15, 0.2) is 0 Å². The first-order valence-electron chi connectivity index (χ1n) is 5.09. The van der Waals surface area contributed by atoms with E-state index in [1.165, 1.54) is 5.56 Å². The molecule has 80 valence electrons. The first-order chi connectivity index (χ1) is 6.97. The van der Waals surface area contributed by atoms with Crippen LogP contribution in [0, 0.1) is 0 Å². The van der Waals surface area contributed by atoms with Gasteiger partial charge in [0.2, 0.25) is 0 Å². The van der Waals surface area contributed by atoms with Crippen molar-refractivity contribution >= 4 is 25.8 Å². The van der Waals surface area contributed by atoms with Crippen LogP contribution in [-0.4, -0.2) is 8.07 Å². The highest BCUT2D eigenvalue weighted by molar-refractivity contribution is 6.81. The van der Waals surface area contributed by atoms with Crippen LogP contribution in [0.5, 0.6) is 0 Å². The third-order valence-corrected chi connectivity index (χ3v) is 3.31. The molecule has 0 spiro atoms. The van der Waals surface area contributed by atoms with Crippen LogP contribution in [0.1, 0.15) is 5.56 Å². The molecule has 0 unspecified atom stereocenters. The largest absolute Gasteiger partial charge is 0.0950 e. The molecule has 2 heteroatoms. The van der Waals surface area contributed by atoms with Gasteiger partial charge in [0, 0.05) is 5.02 Å². The SMILES string of the molecule is C[Si](C)(C)/C=C/C=C/c1ccc(Cl)cc1. The lowest BCUT2D eigenvalue weighted by molar-refractivity contribution is 1.66. The molecule has 1 rings (SSSR count). The van der Waals surface area contributed by atoms with Gasteiger partial charge in [0.05, 0.1) is 8.07 Å². The lowest BCUT2D eigenvalue weighted by Gasteiger charge is -2.06. The fraction of sp³-hybridized carbons (Fsp3) is 0.231. The number of halogens is 1. The Morgan fingerprint density at radius 2 is 1.60 bits per heavy atom. The third kappa shape index (κ3) is 5.60. The Hall–Kier alpha value is -0.793. The standard InChI is InChI=1S/C13H17ClSi/c1-15(2,3)11-5-4-6-12-7-9-13(14)10-8-12/h4-11H,1-3H3/b6-4+,11-5+. The lowest BCUT2D eigenvalue weighted by atomic mass is 10.2. The van der Waals surface area contributed by atoms with Crippen molar-refractivity contribution in [2.24, 2.45) is 0 Å². The van der Waals surface area contributed by atoms with E-state index in [0.29, 0.717) is 0 Å². The van der Waals surface area contributed by atoms with Gasteiger partial charge in [-0.2, -0.15) is 0 Å². The van der Waals surface area contributed by atoms with E-state index < -0.39 is 8.07 Å². The summed E-state index contributed by atoms with van der Waals surface area (Å²) >= 11 is 5.80. The Labute approximate surface area is 98.3 Å². The van der Waals surface area contributed by atoms with Crippen molar-refractivity contribution in [2.45, 2.75) is 19.6 Å². The molecule has 0 atom stereocenters. The summed E-state index contributed by atoms with van der Waals surface area (Å²) in [5, 5.41) is 0.782. The quantitative estimate of drug-likeness (QED) is 0.523. The van der Waals surface area contributed by atoms with Gasteiger partial charge in [-0.15, -0.1) is 0 Å². The van der Waals surface area contributed by atoms with Crippen LogP contribution < -0.4 is 0 Å². The molecular formula is C13H17ClSi. The first-order valence-corrected chi connectivity index (χ1v) is 9.04. The Morgan fingerprint density at radius 3 is 2.13 bits per heavy atom. The number of benzene rings is 1. The summed E-state index contributed by atoms with van der Waals surface area (Å²) in [7, 11) is -1.06. The molecule has 0 radical (unpaired) electrons. The summed E-state index contributed by atoms with van der Waals surface area (Å²) in [6.07, 6.45) is 6.31. The minimum absolute atomic E-state index is 0.782. The maximum atomic E-state index is 5.80. The first kappa shape index (κ1) is 12.3. The Balaban J connectivity index is 2.59. The zero-order valence-corrected chi connectivity index (χ0v) is 11.3. The van der Waals surface area contributed by atoms with E-state index in [2.05, 4.69) is 43.6 Å². The minimum Gasteiger partial charge on any atom is -0.0950 e. The van der Waals surface area contributed by atoms with E-state index in [1.807, 2.05) is 24.3 Å². The summed E-state index contributed by atoms with van der Waals surface area (Å²) in [5.41, 5.74) is 3.50. The van der Waals surface area contributed by atoms with Crippen molar-refractivity contribution in [3.63, 3.8) is 0 Å². The molecule has 0 aliphatic rings. The lowest BCUT2D eigenvalue weighted by Crippen LogP contribution is -2.14. The summed E-state index contributed by atoms with van der Waals surface area (Å²) in [6.45, 7) is 6.96. The van der Waals surface area contributed by atoms with Gasteiger partial charge in [0.25, 0.3) is 0 Å². The van der Waals surface area contributed by atoms with Gasteiger partial charge in [0.1, 0.15) is 0 Å². The predicted molar refractivity (Wildman–Crippen MR) is 73.0 cm³/mol. The second-order valence-electron chi connectivity index (χ2n) is 4.64. The normalized spacial score (nSPS) is 12.8. The predicted octanol–water partition coefficient (Wildman–Crippen LogP) is 4.79. The molecule has 1 aromatic rings. The van der Waals surface area contributed by atoms with Crippen molar-refractivity contribution in [3.8, 4) is 0 Å². The van der Waals surface area contributed by atoms with E-state index in [4.69, 9.17) is 11.6 Å². The van der Waals surface area contributed by atoms with Crippen LogP contribution >= 0.6 is 11.6 Å². The molecule has 1 aromatic carbocycles. The maximum absolute atomic E-state index is 5.80. The molecule has 0 N–H and O–H groups in total. The van der Waals surface area contributed by atoms with Crippen LogP contribution in [0.15, 0.2) is 42.1 Å². The number of hydrogen-bond acceptors (Lipinski definition) is 0. The Kier molecular flexibility index (Phi) is 4.37. The van der Waals surface area contributed by atoms with Crippen molar-refractivity contribution in [2.75, 3.05) is 0 Å². The summed E-state index contributed by atoms with van der Waals surface area (Å²) in [6, 6.07) is 7.84. The highest BCUT2D eigenvalue weighted by Crippen LogP contribution is 2.10. The molecule has 0 saturated heterocycles. The highest BCUT2D eigenvalue weighted by atomic mass is 35.5. The van der Waals surface area contributed by atoms with E-state index >= 15 is 0 Å². The molecule has 15 heavy (non-hydrogen) atoms. The Bertz CT molecular complexity index is 355. The second-order valence-corrected chi connectivity index (χ2v) is 10.1. The van der Waals surface area contributed by atoms with Crippen LogP contribution in [-0.2, 0) is 0 Å². The van der Waals surface area contributed by atoms with E-state index in [1.54, 1.807) is 0 Å². The van der Waals surface area contributed by atoms with Crippen LogP contribution in [0.4, 0.5) is 0 Å². The molecule has 0 fully saturated rings. The molecule has 0 aliphatic carbocycles. The average molecular weight is 237 g/mol. The molecule has 0 amide bonds. The van der Waals surface area contributed by atoms with E-state index in [0.717, 1.165) is 5.02 Å². The van der Waals surface area contributed by atoms with Gasteiger partial charge in [-0.05, 0) is 17.7 Å². The molecular weight excluding hydrogens is 220 g/mol. The van der Waals surface area contributed by atoms with Gasteiger partial charge >= 0.3 is 0 Å². The number of allylic oxidation sites excluding steroid dienone is 2. The summed E-state index contributed by atoms with van der Waals surface area (Å²) in [5.74, 6) is 0. The summed E-state index contributed by atoms with van der Waals surface area (Å²) < 4.78 is 0. The van der Waals surface area contributed by atoms with E-state index in [-0.39, 0.29) is 0 Å². The summed E-state index contributed by atoms with van der Waals surface area (Å²) in [4.78, 5) is 0. The van der Waals surface area contributed by atoms with Gasteiger partial charge in [-0.1, -0.05) is 67.3 Å². The fourth-order valence-electron chi connectivity index (χ4n) is 1.08. The van der Waals surface area contributed by atoms with Crippen LogP contribution in [0.3, 0.4) is 0 Å². The van der Waals surface area contributed by atoms with Crippen molar-refractivity contribution < 1.29 is 0 Å². The minimum atomic E-state index is -1.06. The maximum Gasteiger partial charge on any atom is 0.0687 e. The molecule has 0 aromatic heterocycles. The fourth-order valence-corrected chi connectivity index (χ4v) is 1.90. The zero-order valence-electron chi connectivity index (χ0n) is 9.50.